The summed E-state index contributed by atoms with van der Waals surface area (Å²) in [6, 6.07) is 35.2. The number of ether oxygens (including phenoxy) is 2. The van der Waals surface area contributed by atoms with Crippen LogP contribution < -0.4 is 4.74 Å². The number of nitrogens with zero attached hydrogens (tertiary/aromatic N) is 1. The van der Waals surface area contributed by atoms with Crippen molar-refractivity contribution in [3.63, 3.8) is 0 Å². The molecule has 0 radical (unpaired) electrons. The van der Waals surface area contributed by atoms with Gasteiger partial charge in [0.25, 0.3) is 5.91 Å². The highest BCUT2D eigenvalue weighted by molar-refractivity contribution is 5.98. The molecule has 35 heavy (non-hydrogen) atoms. The molecule has 4 aromatic carbocycles. The van der Waals surface area contributed by atoms with Crippen LogP contribution in [0.15, 0.2) is 115 Å². The SMILES string of the molecule is O=C1O[C@@H](c2ccccc2)N(C(=O)c2ccccc2)[C@@H]1Cc1ccc(OCc2ccccc2)cc1. The van der Waals surface area contributed by atoms with Crippen molar-refractivity contribution < 1.29 is 19.1 Å². The molecule has 5 heteroatoms. The van der Waals surface area contributed by atoms with Gasteiger partial charge in [-0.15, -0.1) is 0 Å². The van der Waals surface area contributed by atoms with E-state index in [9.17, 15) is 9.59 Å². The van der Waals surface area contributed by atoms with Gasteiger partial charge in [-0.25, -0.2) is 4.79 Å². The Morgan fingerprint density at radius 1 is 0.743 bits per heavy atom. The Balaban J connectivity index is 1.36. The molecule has 1 amide bonds. The summed E-state index contributed by atoms with van der Waals surface area (Å²) in [5.74, 6) is 0.0941. The Morgan fingerprint density at radius 3 is 2.00 bits per heavy atom. The van der Waals surface area contributed by atoms with Crippen LogP contribution in [0.4, 0.5) is 0 Å². The normalized spacial score (nSPS) is 17.1. The van der Waals surface area contributed by atoms with Gasteiger partial charge in [0.1, 0.15) is 18.4 Å². The lowest BCUT2D eigenvalue weighted by atomic mass is 10.0. The maximum Gasteiger partial charge on any atom is 0.331 e. The van der Waals surface area contributed by atoms with Crippen LogP contribution >= 0.6 is 0 Å². The molecule has 0 aliphatic carbocycles. The summed E-state index contributed by atoms with van der Waals surface area (Å²) in [7, 11) is 0. The number of esters is 1. The van der Waals surface area contributed by atoms with E-state index in [0.717, 1.165) is 22.4 Å². The highest BCUT2D eigenvalue weighted by Gasteiger charge is 2.45. The molecule has 174 valence electrons. The van der Waals surface area contributed by atoms with Gasteiger partial charge < -0.3 is 9.47 Å². The van der Waals surface area contributed by atoms with Gasteiger partial charge in [-0.2, -0.15) is 0 Å². The largest absolute Gasteiger partial charge is 0.489 e. The van der Waals surface area contributed by atoms with Crippen molar-refractivity contribution in [3.8, 4) is 5.75 Å². The Kier molecular flexibility index (Phi) is 6.57. The number of hydrogen-bond donors (Lipinski definition) is 0. The summed E-state index contributed by atoms with van der Waals surface area (Å²) in [5.41, 5.74) is 3.28. The average molecular weight is 464 g/mol. The van der Waals surface area contributed by atoms with Crippen LogP contribution in [0.2, 0.25) is 0 Å². The van der Waals surface area contributed by atoms with E-state index >= 15 is 0 Å². The van der Waals surface area contributed by atoms with Gasteiger partial charge in [0, 0.05) is 17.5 Å². The molecule has 2 atom stereocenters. The van der Waals surface area contributed by atoms with Crippen molar-refractivity contribution in [2.45, 2.75) is 25.3 Å². The zero-order chi connectivity index (χ0) is 24.0. The van der Waals surface area contributed by atoms with Gasteiger partial charge in [0.2, 0.25) is 6.23 Å². The lowest BCUT2D eigenvalue weighted by Crippen LogP contribution is -2.40. The topological polar surface area (TPSA) is 55.8 Å². The van der Waals surface area contributed by atoms with Crippen molar-refractivity contribution in [2.75, 3.05) is 0 Å². The van der Waals surface area contributed by atoms with E-state index in [1.807, 2.05) is 103 Å². The third-order valence-corrected chi connectivity index (χ3v) is 6.03. The van der Waals surface area contributed by atoms with Gasteiger partial charge in [-0.1, -0.05) is 91.0 Å². The highest BCUT2D eigenvalue weighted by atomic mass is 16.6. The number of hydrogen-bond acceptors (Lipinski definition) is 4. The molecule has 5 nitrogen and oxygen atoms in total. The minimum absolute atomic E-state index is 0.238. The molecule has 1 saturated heterocycles. The molecule has 0 bridgehead atoms. The van der Waals surface area contributed by atoms with E-state index in [0.29, 0.717) is 18.6 Å². The van der Waals surface area contributed by atoms with Crippen molar-refractivity contribution in [1.82, 2.24) is 4.90 Å². The molecule has 1 heterocycles. The van der Waals surface area contributed by atoms with E-state index in [1.54, 1.807) is 17.0 Å². The second kappa shape index (κ2) is 10.3. The minimum atomic E-state index is -0.769. The molecular weight excluding hydrogens is 438 g/mol. The fourth-order valence-electron chi connectivity index (χ4n) is 4.21. The minimum Gasteiger partial charge on any atom is -0.489 e. The van der Waals surface area contributed by atoms with Gasteiger partial charge in [0.15, 0.2) is 0 Å². The first-order chi connectivity index (χ1) is 17.2. The van der Waals surface area contributed by atoms with Gasteiger partial charge in [-0.3, -0.25) is 9.69 Å². The molecule has 0 spiro atoms. The Bertz CT molecular complexity index is 1270. The number of benzene rings is 4. The monoisotopic (exact) mass is 463 g/mol. The molecule has 4 aromatic rings. The van der Waals surface area contributed by atoms with Crippen LogP contribution in [0.25, 0.3) is 0 Å². The first-order valence-electron chi connectivity index (χ1n) is 11.6. The summed E-state index contributed by atoms with van der Waals surface area (Å²) in [5, 5.41) is 0. The van der Waals surface area contributed by atoms with Crippen LogP contribution in [0, 0.1) is 0 Å². The highest BCUT2D eigenvalue weighted by Crippen LogP contribution is 2.34. The first kappa shape index (κ1) is 22.4. The van der Waals surface area contributed by atoms with Crippen LogP contribution in [-0.2, 0) is 22.6 Å². The number of rotatable bonds is 7. The third-order valence-electron chi connectivity index (χ3n) is 6.03. The number of carbonyl (C=O) groups excluding carboxylic acids is 2. The summed E-state index contributed by atoms with van der Waals surface area (Å²) in [6.45, 7) is 0.479. The van der Waals surface area contributed by atoms with E-state index in [1.165, 1.54) is 0 Å². The second-order valence-electron chi connectivity index (χ2n) is 8.42. The van der Waals surface area contributed by atoms with Crippen LogP contribution in [0.1, 0.15) is 33.3 Å². The Hall–Kier alpha value is -4.38. The number of carbonyl (C=O) groups is 2. The number of cyclic esters (lactones) is 1. The number of amides is 1. The standard InChI is InChI=1S/C30H25NO4/c32-28(24-12-6-2-7-13-24)31-27(30(33)35-29(31)25-14-8-3-9-15-25)20-22-16-18-26(19-17-22)34-21-23-10-4-1-5-11-23/h1-19,27,29H,20-21H2/t27-,29+/m1/s1. The van der Waals surface area contributed by atoms with E-state index in [4.69, 9.17) is 9.47 Å². The summed E-state index contributed by atoms with van der Waals surface area (Å²) >= 11 is 0. The molecular formula is C30H25NO4. The van der Waals surface area contributed by atoms with Gasteiger partial charge >= 0.3 is 5.97 Å². The quantitative estimate of drug-likeness (QED) is 0.336. The Morgan fingerprint density at radius 2 is 1.34 bits per heavy atom. The third kappa shape index (κ3) is 5.09. The van der Waals surface area contributed by atoms with Gasteiger partial charge in [0.05, 0.1) is 0 Å². The van der Waals surface area contributed by atoms with Crippen LogP contribution in [-0.4, -0.2) is 22.8 Å². The van der Waals surface area contributed by atoms with E-state index in [-0.39, 0.29) is 5.91 Å². The fourth-order valence-corrected chi connectivity index (χ4v) is 4.21. The summed E-state index contributed by atoms with van der Waals surface area (Å²) < 4.78 is 11.6. The molecule has 1 fully saturated rings. The lowest BCUT2D eigenvalue weighted by molar-refractivity contribution is -0.142. The zero-order valence-electron chi connectivity index (χ0n) is 19.1. The van der Waals surface area contributed by atoms with Crippen LogP contribution in [0.5, 0.6) is 5.75 Å². The second-order valence-corrected chi connectivity index (χ2v) is 8.42. The van der Waals surface area contributed by atoms with Crippen LogP contribution in [0.3, 0.4) is 0 Å². The van der Waals surface area contributed by atoms with Crippen molar-refractivity contribution in [2.24, 2.45) is 0 Å². The summed E-state index contributed by atoms with van der Waals surface area (Å²) in [4.78, 5) is 28.1. The molecule has 0 saturated carbocycles. The van der Waals surface area contributed by atoms with E-state index in [2.05, 4.69) is 0 Å². The predicted octanol–water partition coefficient (Wildman–Crippen LogP) is 5.57. The maximum absolute atomic E-state index is 13.5. The summed E-state index contributed by atoms with van der Waals surface area (Å²) in [6.07, 6.45) is -0.422. The molecule has 5 rings (SSSR count). The predicted molar refractivity (Wildman–Crippen MR) is 133 cm³/mol. The first-order valence-corrected chi connectivity index (χ1v) is 11.6. The molecule has 0 unspecified atom stereocenters. The van der Waals surface area contributed by atoms with Crippen molar-refractivity contribution in [3.05, 3.63) is 138 Å². The fraction of sp³-hybridized carbons (Fsp3) is 0.133. The lowest BCUT2D eigenvalue weighted by Gasteiger charge is -2.26. The average Bonchev–Trinajstić information content (AvgIpc) is 3.25. The van der Waals surface area contributed by atoms with Crippen molar-refractivity contribution >= 4 is 11.9 Å². The smallest absolute Gasteiger partial charge is 0.331 e. The molecule has 1 aliphatic rings. The molecule has 1 aliphatic heterocycles. The Labute approximate surface area is 204 Å². The van der Waals surface area contributed by atoms with Crippen molar-refractivity contribution in [1.29, 1.82) is 0 Å². The molecule has 0 N–H and O–H groups in total. The van der Waals surface area contributed by atoms with E-state index < -0.39 is 18.2 Å². The maximum atomic E-state index is 13.5. The van der Waals surface area contributed by atoms with Gasteiger partial charge in [-0.05, 0) is 35.4 Å². The molecule has 0 aromatic heterocycles. The zero-order valence-corrected chi connectivity index (χ0v) is 19.1.